The lowest BCUT2D eigenvalue weighted by Crippen LogP contribution is -2.52. The van der Waals surface area contributed by atoms with Gasteiger partial charge in [0.1, 0.15) is 5.69 Å². The third kappa shape index (κ3) is 4.74. The molecule has 1 N–H and O–H groups in total. The van der Waals surface area contributed by atoms with Crippen molar-refractivity contribution < 1.29 is 9.72 Å². The van der Waals surface area contributed by atoms with E-state index in [0.717, 1.165) is 32.7 Å². The summed E-state index contributed by atoms with van der Waals surface area (Å²) in [4.78, 5) is 27.8. The van der Waals surface area contributed by atoms with E-state index in [1.54, 1.807) is 18.2 Å². The molecule has 148 valence electrons. The van der Waals surface area contributed by atoms with Gasteiger partial charge in [0.15, 0.2) is 0 Å². The molecular formula is C21H26N4O3. The zero-order valence-electron chi connectivity index (χ0n) is 16.3. The lowest BCUT2D eigenvalue weighted by atomic mass is 10.1. The molecule has 2 aromatic rings. The Bertz CT molecular complexity index is 847. The quantitative estimate of drug-likeness (QED) is 0.614. The number of aryl methyl sites for hydroxylation is 1. The van der Waals surface area contributed by atoms with Crippen LogP contribution in [0, 0.1) is 17.0 Å². The van der Waals surface area contributed by atoms with E-state index in [2.05, 4.69) is 40.2 Å². The monoisotopic (exact) mass is 382 g/mol. The zero-order chi connectivity index (χ0) is 20.1. The Labute approximate surface area is 165 Å². The van der Waals surface area contributed by atoms with E-state index >= 15 is 0 Å². The van der Waals surface area contributed by atoms with Gasteiger partial charge in [-0.2, -0.15) is 0 Å². The first kappa shape index (κ1) is 20.0. The second-order valence-corrected chi connectivity index (χ2v) is 7.18. The van der Waals surface area contributed by atoms with Gasteiger partial charge in [-0.1, -0.05) is 36.4 Å². The molecule has 1 fully saturated rings. The number of hydrogen-bond acceptors (Lipinski definition) is 5. The Morgan fingerprint density at radius 1 is 1.11 bits per heavy atom. The third-order valence-corrected chi connectivity index (χ3v) is 5.35. The standard InChI is InChI=1S/C21H26N4O3/c1-16-7-3-4-8-18(16)15-23-11-13-24(14-12-23)17(2)21(26)22-19-9-5-6-10-20(19)25(27)28/h3-10,17H,11-15H2,1-2H3,(H,22,26)/t17-/m0/s1. The molecule has 1 aliphatic rings. The number of carbonyl (C=O) groups excluding carboxylic acids is 1. The number of carbonyl (C=O) groups is 1. The SMILES string of the molecule is Cc1ccccc1CN1CCN([C@@H](C)C(=O)Nc2ccccc2[N+](=O)[O-])CC1. The number of nitro groups is 1. The Balaban J connectivity index is 1.55. The Morgan fingerprint density at radius 2 is 1.75 bits per heavy atom. The summed E-state index contributed by atoms with van der Waals surface area (Å²) in [6.45, 7) is 8.24. The molecule has 2 aromatic carbocycles. The van der Waals surface area contributed by atoms with Crippen LogP contribution in [-0.2, 0) is 11.3 Å². The first-order valence-corrected chi connectivity index (χ1v) is 9.51. The van der Waals surface area contributed by atoms with Crippen LogP contribution in [0.25, 0.3) is 0 Å². The largest absolute Gasteiger partial charge is 0.319 e. The Kier molecular flexibility index (Phi) is 6.38. The fraction of sp³-hybridized carbons (Fsp3) is 0.381. The summed E-state index contributed by atoms with van der Waals surface area (Å²) in [5.41, 5.74) is 2.77. The molecule has 7 nitrogen and oxygen atoms in total. The van der Waals surface area contributed by atoms with Gasteiger partial charge in [0.2, 0.25) is 5.91 Å². The van der Waals surface area contributed by atoms with E-state index in [-0.39, 0.29) is 23.3 Å². The molecule has 3 rings (SSSR count). The molecule has 1 amide bonds. The number of hydrogen-bond donors (Lipinski definition) is 1. The molecule has 0 bridgehead atoms. The van der Waals surface area contributed by atoms with Crippen molar-refractivity contribution in [3.05, 3.63) is 69.8 Å². The van der Waals surface area contributed by atoms with Crippen LogP contribution in [0.2, 0.25) is 0 Å². The van der Waals surface area contributed by atoms with Gasteiger partial charge in [0.05, 0.1) is 11.0 Å². The highest BCUT2D eigenvalue weighted by atomic mass is 16.6. The number of nitrogens with one attached hydrogen (secondary N) is 1. The highest BCUT2D eigenvalue weighted by Gasteiger charge is 2.27. The van der Waals surface area contributed by atoms with Crippen LogP contribution in [0.15, 0.2) is 48.5 Å². The molecule has 1 atom stereocenters. The van der Waals surface area contributed by atoms with Crippen molar-refractivity contribution in [3.63, 3.8) is 0 Å². The Hall–Kier alpha value is -2.77. The summed E-state index contributed by atoms with van der Waals surface area (Å²) < 4.78 is 0. The average molecular weight is 382 g/mol. The second kappa shape index (κ2) is 8.95. The molecular weight excluding hydrogens is 356 g/mol. The summed E-state index contributed by atoms with van der Waals surface area (Å²) in [7, 11) is 0. The first-order chi connectivity index (χ1) is 13.5. The van der Waals surface area contributed by atoms with Crippen molar-refractivity contribution in [3.8, 4) is 0 Å². The fourth-order valence-electron chi connectivity index (χ4n) is 3.48. The van der Waals surface area contributed by atoms with Crippen LogP contribution in [-0.4, -0.2) is 52.9 Å². The molecule has 0 saturated carbocycles. The van der Waals surface area contributed by atoms with Gasteiger partial charge in [-0.05, 0) is 31.0 Å². The van der Waals surface area contributed by atoms with Gasteiger partial charge in [-0.3, -0.25) is 24.7 Å². The van der Waals surface area contributed by atoms with Crippen LogP contribution >= 0.6 is 0 Å². The van der Waals surface area contributed by atoms with E-state index < -0.39 is 4.92 Å². The highest BCUT2D eigenvalue weighted by molar-refractivity contribution is 5.96. The van der Waals surface area contributed by atoms with E-state index in [4.69, 9.17) is 0 Å². The minimum absolute atomic E-state index is 0.0916. The van der Waals surface area contributed by atoms with Gasteiger partial charge in [0.25, 0.3) is 5.69 Å². The van der Waals surface area contributed by atoms with Crippen LogP contribution in [0.4, 0.5) is 11.4 Å². The average Bonchev–Trinajstić information content (AvgIpc) is 2.70. The van der Waals surface area contributed by atoms with Gasteiger partial charge in [-0.25, -0.2) is 0 Å². The van der Waals surface area contributed by atoms with Gasteiger partial charge >= 0.3 is 0 Å². The lowest BCUT2D eigenvalue weighted by Gasteiger charge is -2.37. The first-order valence-electron chi connectivity index (χ1n) is 9.51. The number of para-hydroxylation sites is 2. The predicted molar refractivity (Wildman–Crippen MR) is 109 cm³/mol. The van der Waals surface area contributed by atoms with Crippen molar-refractivity contribution in [2.75, 3.05) is 31.5 Å². The molecule has 0 spiro atoms. The number of nitro benzene ring substituents is 1. The van der Waals surface area contributed by atoms with Crippen LogP contribution in [0.3, 0.4) is 0 Å². The van der Waals surface area contributed by atoms with Gasteiger partial charge in [0, 0.05) is 38.8 Å². The molecule has 0 radical (unpaired) electrons. The van der Waals surface area contributed by atoms with Crippen molar-refractivity contribution >= 4 is 17.3 Å². The van der Waals surface area contributed by atoms with Crippen molar-refractivity contribution in [1.29, 1.82) is 0 Å². The minimum Gasteiger partial charge on any atom is -0.319 e. The van der Waals surface area contributed by atoms with E-state index in [9.17, 15) is 14.9 Å². The molecule has 0 unspecified atom stereocenters. The molecule has 1 aliphatic heterocycles. The minimum atomic E-state index is -0.482. The lowest BCUT2D eigenvalue weighted by molar-refractivity contribution is -0.383. The predicted octanol–water partition coefficient (Wildman–Crippen LogP) is 3.05. The topological polar surface area (TPSA) is 78.7 Å². The summed E-state index contributed by atoms with van der Waals surface area (Å²) in [5.74, 6) is -0.221. The Morgan fingerprint density at radius 3 is 2.43 bits per heavy atom. The number of piperazine rings is 1. The molecule has 28 heavy (non-hydrogen) atoms. The highest BCUT2D eigenvalue weighted by Crippen LogP contribution is 2.23. The summed E-state index contributed by atoms with van der Waals surface area (Å²) >= 11 is 0. The van der Waals surface area contributed by atoms with Crippen molar-refractivity contribution in [2.24, 2.45) is 0 Å². The number of nitrogens with zero attached hydrogens (tertiary/aromatic N) is 3. The van der Waals surface area contributed by atoms with Crippen LogP contribution in [0.1, 0.15) is 18.1 Å². The zero-order valence-corrected chi connectivity index (χ0v) is 16.3. The van der Waals surface area contributed by atoms with Crippen molar-refractivity contribution in [2.45, 2.75) is 26.4 Å². The van der Waals surface area contributed by atoms with E-state index in [0.29, 0.717) is 0 Å². The molecule has 1 saturated heterocycles. The summed E-state index contributed by atoms with van der Waals surface area (Å²) in [6.07, 6.45) is 0. The smallest absolute Gasteiger partial charge is 0.292 e. The van der Waals surface area contributed by atoms with Gasteiger partial charge in [-0.15, -0.1) is 0 Å². The van der Waals surface area contributed by atoms with Crippen LogP contribution < -0.4 is 5.32 Å². The maximum atomic E-state index is 12.6. The molecule has 0 aromatic heterocycles. The molecule has 7 heteroatoms. The van der Waals surface area contributed by atoms with Crippen molar-refractivity contribution in [1.82, 2.24) is 9.80 Å². The number of benzene rings is 2. The summed E-state index contributed by atoms with van der Waals surface area (Å²) in [5, 5.41) is 13.8. The number of amides is 1. The fourth-order valence-corrected chi connectivity index (χ4v) is 3.48. The molecule has 0 aliphatic carbocycles. The van der Waals surface area contributed by atoms with E-state index in [1.807, 2.05) is 13.0 Å². The maximum absolute atomic E-state index is 12.6. The number of anilines is 1. The normalized spacial score (nSPS) is 16.5. The number of rotatable bonds is 6. The van der Waals surface area contributed by atoms with Gasteiger partial charge < -0.3 is 5.32 Å². The van der Waals surface area contributed by atoms with Crippen LogP contribution in [0.5, 0.6) is 0 Å². The second-order valence-electron chi connectivity index (χ2n) is 7.18. The summed E-state index contributed by atoms with van der Waals surface area (Å²) in [6, 6.07) is 14.3. The van der Waals surface area contributed by atoms with E-state index in [1.165, 1.54) is 17.2 Å². The third-order valence-electron chi connectivity index (χ3n) is 5.35. The maximum Gasteiger partial charge on any atom is 0.292 e. The molecule has 1 heterocycles.